The first-order valence-electron chi connectivity index (χ1n) is 7.57. The molecule has 0 fully saturated rings. The fourth-order valence-corrected chi connectivity index (χ4v) is 2.38. The number of hydrogen-bond acceptors (Lipinski definition) is 2. The molecule has 0 aromatic heterocycles. The van der Waals surface area contributed by atoms with Crippen LogP contribution < -0.4 is 11.1 Å². The summed E-state index contributed by atoms with van der Waals surface area (Å²) in [6, 6.07) is 8.01. The van der Waals surface area contributed by atoms with Gasteiger partial charge in [0.1, 0.15) is 0 Å². The van der Waals surface area contributed by atoms with E-state index in [2.05, 4.69) is 33.0 Å². The van der Waals surface area contributed by atoms with Crippen molar-refractivity contribution in [1.29, 1.82) is 0 Å². The predicted octanol–water partition coefficient (Wildman–Crippen LogP) is 3.70. The van der Waals surface area contributed by atoms with Gasteiger partial charge in [0, 0.05) is 18.2 Å². The van der Waals surface area contributed by atoms with Crippen LogP contribution in [0.1, 0.15) is 58.4 Å². The number of nitrogens with one attached hydrogen (secondary N) is 1. The molecule has 0 aliphatic heterocycles. The third-order valence-electron chi connectivity index (χ3n) is 3.86. The lowest BCUT2D eigenvalue weighted by molar-refractivity contribution is -0.122. The Morgan fingerprint density at radius 2 is 1.80 bits per heavy atom. The highest BCUT2D eigenvalue weighted by Gasteiger charge is 2.14. The van der Waals surface area contributed by atoms with Crippen molar-refractivity contribution < 1.29 is 4.79 Å². The summed E-state index contributed by atoms with van der Waals surface area (Å²) in [7, 11) is 0. The second-order valence-corrected chi connectivity index (χ2v) is 5.99. The quantitative estimate of drug-likeness (QED) is 0.746. The van der Waals surface area contributed by atoms with Gasteiger partial charge in [-0.05, 0) is 42.9 Å². The topological polar surface area (TPSA) is 55.1 Å². The maximum atomic E-state index is 12.0. The summed E-state index contributed by atoms with van der Waals surface area (Å²) in [6.07, 6.45) is 2.72. The molecule has 0 bridgehead atoms. The van der Waals surface area contributed by atoms with Crippen LogP contribution in [0.15, 0.2) is 24.3 Å². The first-order valence-corrected chi connectivity index (χ1v) is 7.57. The molecule has 1 amide bonds. The van der Waals surface area contributed by atoms with Gasteiger partial charge in [0.05, 0.1) is 0 Å². The number of nitrogens with two attached hydrogens (primary N) is 1. The van der Waals surface area contributed by atoms with E-state index in [1.807, 2.05) is 24.3 Å². The number of hydrogen-bond donors (Lipinski definition) is 2. The Morgan fingerprint density at radius 1 is 1.20 bits per heavy atom. The van der Waals surface area contributed by atoms with Crippen molar-refractivity contribution in [2.24, 2.45) is 5.92 Å². The Morgan fingerprint density at radius 3 is 2.35 bits per heavy atom. The third kappa shape index (κ3) is 5.64. The maximum Gasteiger partial charge on any atom is 0.220 e. The molecule has 3 N–H and O–H groups in total. The molecule has 1 aromatic carbocycles. The molecule has 0 radical (unpaired) electrons. The highest BCUT2D eigenvalue weighted by atomic mass is 16.1. The lowest BCUT2D eigenvalue weighted by Gasteiger charge is -2.19. The molecule has 3 unspecified atom stereocenters. The van der Waals surface area contributed by atoms with Gasteiger partial charge in [0.2, 0.25) is 5.91 Å². The molecule has 3 nitrogen and oxygen atoms in total. The fourth-order valence-electron chi connectivity index (χ4n) is 2.38. The minimum absolute atomic E-state index is 0.130. The summed E-state index contributed by atoms with van der Waals surface area (Å²) in [5.41, 5.74) is 7.59. The average Bonchev–Trinajstić information content (AvgIpc) is 2.38. The van der Waals surface area contributed by atoms with Crippen molar-refractivity contribution in [1.82, 2.24) is 5.32 Å². The fraction of sp³-hybridized carbons (Fsp3) is 0.588. The number of benzene rings is 1. The summed E-state index contributed by atoms with van der Waals surface area (Å²) in [6.45, 7) is 8.56. The van der Waals surface area contributed by atoms with Crippen LogP contribution in [-0.4, -0.2) is 11.9 Å². The molecule has 112 valence electrons. The summed E-state index contributed by atoms with van der Waals surface area (Å²) < 4.78 is 0. The summed E-state index contributed by atoms with van der Waals surface area (Å²) in [4.78, 5) is 12.0. The van der Waals surface area contributed by atoms with Crippen molar-refractivity contribution in [2.45, 2.75) is 58.9 Å². The lowest BCUT2D eigenvalue weighted by Crippen LogP contribution is -2.34. The number of anilines is 1. The summed E-state index contributed by atoms with van der Waals surface area (Å²) in [5.74, 6) is 0.997. The van der Waals surface area contributed by atoms with Gasteiger partial charge in [0.25, 0.3) is 0 Å². The number of carbonyl (C=O) groups excluding carboxylic acids is 1. The van der Waals surface area contributed by atoms with E-state index >= 15 is 0 Å². The van der Waals surface area contributed by atoms with E-state index in [0.29, 0.717) is 12.3 Å². The Balaban J connectivity index is 2.43. The molecular formula is C17H28N2O. The van der Waals surface area contributed by atoms with Gasteiger partial charge in [0.15, 0.2) is 0 Å². The molecule has 0 aliphatic carbocycles. The monoisotopic (exact) mass is 276 g/mol. The molecule has 1 rings (SSSR count). The molecule has 1 aromatic rings. The van der Waals surface area contributed by atoms with Crippen LogP contribution in [0.5, 0.6) is 0 Å². The third-order valence-corrected chi connectivity index (χ3v) is 3.86. The molecule has 0 saturated carbocycles. The van der Waals surface area contributed by atoms with Gasteiger partial charge in [-0.2, -0.15) is 0 Å². The second kappa shape index (κ2) is 7.93. The van der Waals surface area contributed by atoms with E-state index in [-0.39, 0.29) is 17.9 Å². The zero-order chi connectivity index (χ0) is 15.1. The SMILES string of the molecule is CCC(C)CC(C)NC(=O)CC(C)c1ccc(N)cc1. The van der Waals surface area contributed by atoms with Gasteiger partial charge in [-0.15, -0.1) is 0 Å². The van der Waals surface area contributed by atoms with Crippen LogP contribution in [0.3, 0.4) is 0 Å². The van der Waals surface area contributed by atoms with Gasteiger partial charge in [-0.1, -0.05) is 39.3 Å². The minimum atomic E-state index is 0.130. The molecule has 0 heterocycles. The zero-order valence-corrected chi connectivity index (χ0v) is 13.1. The minimum Gasteiger partial charge on any atom is -0.399 e. The summed E-state index contributed by atoms with van der Waals surface area (Å²) >= 11 is 0. The Hall–Kier alpha value is -1.51. The van der Waals surface area contributed by atoms with E-state index in [9.17, 15) is 4.79 Å². The van der Waals surface area contributed by atoms with E-state index < -0.39 is 0 Å². The maximum absolute atomic E-state index is 12.0. The highest BCUT2D eigenvalue weighted by molar-refractivity contribution is 5.77. The number of amides is 1. The standard InChI is InChI=1S/C17H28N2O/c1-5-12(2)10-14(4)19-17(20)11-13(3)15-6-8-16(18)9-7-15/h6-9,12-14H,5,10-11,18H2,1-4H3,(H,19,20). The van der Waals surface area contributed by atoms with Gasteiger partial charge in [-0.3, -0.25) is 4.79 Å². The molecule has 20 heavy (non-hydrogen) atoms. The van der Waals surface area contributed by atoms with Gasteiger partial charge >= 0.3 is 0 Å². The van der Waals surface area contributed by atoms with E-state index in [1.54, 1.807) is 0 Å². The highest BCUT2D eigenvalue weighted by Crippen LogP contribution is 2.20. The van der Waals surface area contributed by atoms with Crippen molar-refractivity contribution in [3.63, 3.8) is 0 Å². The Kier molecular flexibility index (Phi) is 6.56. The van der Waals surface area contributed by atoms with Crippen LogP contribution in [-0.2, 0) is 4.79 Å². The molecule has 3 atom stereocenters. The normalized spacial score (nSPS) is 15.4. The van der Waals surface area contributed by atoms with Crippen LogP contribution in [0.25, 0.3) is 0 Å². The lowest BCUT2D eigenvalue weighted by atomic mass is 9.96. The van der Waals surface area contributed by atoms with Crippen LogP contribution in [0.2, 0.25) is 0 Å². The van der Waals surface area contributed by atoms with Crippen molar-refractivity contribution in [3.8, 4) is 0 Å². The summed E-state index contributed by atoms with van der Waals surface area (Å²) in [5, 5.41) is 3.09. The van der Waals surface area contributed by atoms with Crippen molar-refractivity contribution >= 4 is 11.6 Å². The van der Waals surface area contributed by atoms with Crippen molar-refractivity contribution in [2.75, 3.05) is 5.73 Å². The Bertz CT molecular complexity index is 414. The zero-order valence-electron chi connectivity index (χ0n) is 13.1. The first-order chi connectivity index (χ1) is 9.42. The number of rotatable bonds is 7. The van der Waals surface area contributed by atoms with E-state index in [0.717, 1.165) is 24.1 Å². The van der Waals surface area contributed by atoms with Crippen LogP contribution in [0.4, 0.5) is 5.69 Å². The van der Waals surface area contributed by atoms with Gasteiger partial charge < -0.3 is 11.1 Å². The average molecular weight is 276 g/mol. The second-order valence-electron chi connectivity index (χ2n) is 5.99. The first kappa shape index (κ1) is 16.5. The largest absolute Gasteiger partial charge is 0.399 e. The molecule has 0 spiro atoms. The Labute approximate surface area is 122 Å². The number of carbonyl (C=O) groups is 1. The predicted molar refractivity (Wildman–Crippen MR) is 85.6 cm³/mol. The van der Waals surface area contributed by atoms with Gasteiger partial charge in [-0.25, -0.2) is 0 Å². The van der Waals surface area contributed by atoms with Crippen LogP contribution in [0, 0.1) is 5.92 Å². The molecule has 0 aliphatic rings. The van der Waals surface area contributed by atoms with Crippen LogP contribution >= 0.6 is 0 Å². The van der Waals surface area contributed by atoms with Crippen molar-refractivity contribution in [3.05, 3.63) is 29.8 Å². The van der Waals surface area contributed by atoms with E-state index in [1.165, 1.54) is 0 Å². The molecule has 3 heteroatoms. The molecular weight excluding hydrogens is 248 g/mol. The van der Waals surface area contributed by atoms with E-state index in [4.69, 9.17) is 5.73 Å². The number of nitrogen functional groups attached to an aromatic ring is 1. The molecule has 0 saturated heterocycles. The smallest absolute Gasteiger partial charge is 0.220 e.